The molecule has 0 atom stereocenters. The molecule has 110 valence electrons. The number of carbonyl (C=O) groups excluding carboxylic acids is 1. The molecule has 1 aromatic carbocycles. The summed E-state index contributed by atoms with van der Waals surface area (Å²) in [4.78, 5) is 12.0. The van der Waals surface area contributed by atoms with Gasteiger partial charge in [0.25, 0.3) is 5.91 Å². The lowest BCUT2D eigenvalue weighted by molar-refractivity contribution is 0.0976. The maximum absolute atomic E-state index is 12.0. The fraction of sp³-hybridized carbons (Fsp3) is 0.429. The number of hydrogen-bond acceptors (Lipinski definition) is 4. The van der Waals surface area contributed by atoms with E-state index in [4.69, 9.17) is 22.1 Å². The van der Waals surface area contributed by atoms with E-state index in [1.54, 1.807) is 18.2 Å². The van der Waals surface area contributed by atoms with Crippen molar-refractivity contribution in [2.45, 2.75) is 19.8 Å². The maximum Gasteiger partial charge on any atom is 0.257 e. The van der Waals surface area contributed by atoms with Crippen LogP contribution in [0.3, 0.4) is 0 Å². The molecule has 0 radical (unpaired) electrons. The number of nitrogens with one attached hydrogen (secondary N) is 2. The summed E-state index contributed by atoms with van der Waals surface area (Å²) in [5.41, 5.74) is 0.491. The van der Waals surface area contributed by atoms with E-state index in [0.29, 0.717) is 30.9 Å². The normalized spacial score (nSPS) is 9.90. The van der Waals surface area contributed by atoms with E-state index in [1.807, 2.05) is 13.0 Å². The Morgan fingerprint density at radius 1 is 1.45 bits per heavy atom. The van der Waals surface area contributed by atoms with Gasteiger partial charge in [-0.2, -0.15) is 0 Å². The van der Waals surface area contributed by atoms with Crippen LogP contribution in [-0.4, -0.2) is 35.9 Å². The van der Waals surface area contributed by atoms with Crippen molar-refractivity contribution in [2.24, 2.45) is 0 Å². The van der Waals surface area contributed by atoms with E-state index >= 15 is 0 Å². The lowest BCUT2D eigenvalue weighted by atomic mass is 10.2. The minimum Gasteiger partial charge on any atom is -0.494 e. The molecule has 0 aliphatic heterocycles. The smallest absolute Gasteiger partial charge is 0.257 e. The molecule has 0 saturated carbocycles. The zero-order valence-electron chi connectivity index (χ0n) is 11.5. The zero-order valence-corrected chi connectivity index (χ0v) is 12.3. The highest BCUT2D eigenvalue weighted by molar-refractivity contribution is 7.80. The number of ether oxygens (including phenoxy) is 1. The molecular formula is C14H20N2O3S. The summed E-state index contributed by atoms with van der Waals surface area (Å²) in [6.45, 7) is 3.24. The third kappa shape index (κ3) is 5.99. The molecule has 1 aromatic rings. The van der Waals surface area contributed by atoms with Gasteiger partial charge in [0.1, 0.15) is 5.75 Å². The van der Waals surface area contributed by atoms with E-state index in [9.17, 15) is 4.79 Å². The van der Waals surface area contributed by atoms with Crippen LogP contribution in [0.15, 0.2) is 24.3 Å². The van der Waals surface area contributed by atoms with E-state index in [1.165, 1.54) is 0 Å². The molecule has 0 unspecified atom stereocenters. The highest BCUT2D eigenvalue weighted by Gasteiger charge is 2.08. The molecule has 0 spiro atoms. The quantitative estimate of drug-likeness (QED) is 0.525. The largest absolute Gasteiger partial charge is 0.494 e. The van der Waals surface area contributed by atoms with E-state index in [-0.39, 0.29) is 17.6 Å². The second-order valence-electron chi connectivity index (χ2n) is 4.16. The zero-order chi connectivity index (χ0) is 14.8. The van der Waals surface area contributed by atoms with Crippen LogP contribution in [0.1, 0.15) is 30.1 Å². The second kappa shape index (κ2) is 9.28. The Bertz CT molecular complexity index is 452. The lowest BCUT2D eigenvalue weighted by Crippen LogP contribution is -2.39. The standard InChI is InChI=1S/C14H20N2O3S/c1-2-9-19-12-6-3-5-11(10-12)13(18)16-14(20)15-7-4-8-17/h3,5-6,10,17H,2,4,7-9H2,1H3,(H2,15,16,18,20). The molecule has 0 aliphatic rings. The number of rotatable bonds is 7. The Balaban J connectivity index is 2.52. The molecule has 0 aliphatic carbocycles. The van der Waals surface area contributed by atoms with Gasteiger partial charge in [0.15, 0.2) is 5.11 Å². The first kappa shape index (κ1) is 16.4. The molecule has 3 N–H and O–H groups in total. The number of benzene rings is 1. The number of hydrogen-bond donors (Lipinski definition) is 3. The molecule has 0 saturated heterocycles. The topological polar surface area (TPSA) is 70.6 Å². The summed E-state index contributed by atoms with van der Waals surface area (Å²) < 4.78 is 5.47. The molecule has 0 aromatic heterocycles. The minimum absolute atomic E-state index is 0.0837. The van der Waals surface area contributed by atoms with Crippen LogP contribution < -0.4 is 15.4 Å². The van der Waals surface area contributed by atoms with Crippen molar-refractivity contribution >= 4 is 23.2 Å². The predicted molar refractivity (Wildman–Crippen MR) is 82.0 cm³/mol. The van der Waals surface area contributed by atoms with Crippen LogP contribution >= 0.6 is 12.2 Å². The molecule has 0 bridgehead atoms. The van der Waals surface area contributed by atoms with Crippen molar-refractivity contribution in [1.29, 1.82) is 0 Å². The van der Waals surface area contributed by atoms with Gasteiger partial charge in [-0.05, 0) is 43.3 Å². The van der Waals surface area contributed by atoms with Crippen LogP contribution in [0, 0.1) is 0 Å². The van der Waals surface area contributed by atoms with Gasteiger partial charge in [-0.15, -0.1) is 0 Å². The van der Waals surface area contributed by atoms with Gasteiger partial charge in [0.05, 0.1) is 6.61 Å². The van der Waals surface area contributed by atoms with Crippen molar-refractivity contribution in [3.05, 3.63) is 29.8 Å². The minimum atomic E-state index is -0.284. The third-order valence-corrected chi connectivity index (χ3v) is 2.66. The first-order valence-electron chi connectivity index (χ1n) is 6.60. The number of aliphatic hydroxyl groups excluding tert-OH is 1. The number of thiocarbonyl (C=S) groups is 1. The summed E-state index contributed by atoms with van der Waals surface area (Å²) in [7, 11) is 0. The lowest BCUT2D eigenvalue weighted by Gasteiger charge is -2.10. The molecule has 6 heteroatoms. The SMILES string of the molecule is CCCOc1cccc(C(=O)NC(=S)NCCCO)c1. The van der Waals surface area contributed by atoms with Crippen molar-refractivity contribution < 1.29 is 14.6 Å². The molecule has 20 heavy (non-hydrogen) atoms. The Hall–Kier alpha value is -1.66. The Labute approximate surface area is 124 Å². The van der Waals surface area contributed by atoms with E-state index in [2.05, 4.69) is 10.6 Å². The third-order valence-electron chi connectivity index (χ3n) is 2.42. The number of aliphatic hydroxyl groups is 1. The monoisotopic (exact) mass is 296 g/mol. The van der Waals surface area contributed by atoms with Gasteiger partial charge < -0.3 is 15.2 Å². The first-order chi connectivity index (χ1) is 9.67. The van der Waals surface area contributed by atoms with Gasteiger partial charge in [0, 0.05) is 18.7 Å². The molecule has 0 fully saturated rings. The number of carbonyl (C=O) groups is 1. The highest BCUT2D eigenvalue weighted by Crippen LogP contribution is 2.13. The first-order valence-corrected chi connectivity index (χ1v) is 7.01. The van der Waals surface area contributed by atoms with E-state index < -0.39 is 0 Å². The van der Waals surface area contributed by atoms with Gasteiger partial charge in [-0.1, -0.05) is 13.0 Å². The van der Waals surface area contributed by atoms with Crippen LogP contribution in [0.2, 0.25) is 0 Å². The summed E-state index contributed by atoms with van der Waals surface area (Å²) in [6, 6.07) is 6.96. The summed E-state index contributed by atoms with van der Waals surface area (Å²) >= 11 is 4.99. The van der Waals surface area contributed by atoms with Crippen LogP contribution in [0.4, 0.5) is 0 Å². The Kier molecular flexibility index (Phi) is 7.60. The van der Waals surface area contributed by atoms with Crippen LogP contribution in [0.5, 0.6) is 5.75 Å². The Morgan fingerprint density at radius 2 is 2.25 bits per heavy atom. The predicted octanol–water partition coefficient (Wildman–Crippen LogP) is 1.46. The summed E-state index contributed by atoms with van der Waals surface area (Å²) in [5, 5.41) is 14.3. The molecule has 5 nitrogen and oxygen atoms in total. The highest BCUT2D eigenvalue weighted by atomic mass is 32.1. The average Bonchev–Trinajstić information content (AvgIpc) is 2.45. The maximum atomic E-state index is 12.0. The van der Waals surface area contributed by atoms with Gasteiger partial charge in [0.2, 0.25) is 0 Å². The fourth-order valence-electron chi connectivity index (χ4n) is 1.45. The van der Waals surface area contributed by atoms with Crippen molar-refractivity contribution in [1.82, 2.24) is 10.6 Å². The Morgan fingerprint density at radius 3 is 2.95 bits per heavy atom. The van der Waals surface area contributed by atoms with Crippen molar-refractivity contribution in [2.75, 3.05) is 19.8 Å². The molecule has 1 amide bonds. The average molecular weight is 296 g/mol. The molecule has 0 heterocycles. The summed E-state index contributed by atoms with van der Waals surface area (Å²) in [5.74, 6) is 0.382. The van der Waals surface area contributed by atoms with Gasteiger partial charge in [-0.3, -0.25) is 10.1 Å². The van der Waals surface area contributed by atoms with Crippen LogP contribution in [0.25, 0.3) is 0 Å². The van der Waals surface area contributed by atoms with Gasteiger partial charge >= 0.3 is 0 Å². The van der Waals surface area contributed by atoms with E-state index in [0.717, 1.165) is 6.42 Å². The fourth-order valence-corrected chi connectivity index (χ4v) is 1.64. The molecule has 1 rings (SSSR count). The second-order valence-corrected chi connectivity index (χ2v) is 4.57. The van der Waals surface area contributed by atoms with Crippen molar-refractivity contribution in [3.8, 4) is 5.75 Å². The molecular weight excluding hydrogens is 276 g/mol. The van der Waals surface area contributed by atoms with Gasteiger partial charge in [-0.25, -0.2) is 0 Å². The van der Waals surface area contributed by atoms with Crippen molar-refractivity contribution in [3.63, 3.8) is 0 Å². The summed E-state index contributed by atoms with van der Waals surface area (Å²) in [6.07, 6.45) is 1.49. The van der Waals surface area contributed by atoms with Crippen LogP contribution in [-0.2, 0) is 0 Å². The number of amides is 1.